The molecule has 13 heteroatoms. The Balaban J connectivity index is 2.30. The highest BCUT2D eigenvalue weighted by Crippen LogP contribution is 2.56. The van der Waals surface area contributed by atoms with Crippen LogP contribution in [-0.4, -0.2) is 29.4 Å². The molecule has 180 valence electrons. The summed E-state index contributed by atoms with van der Waals surface area (Å²) in [5.41, 5.74) is -0.584. The van der Waals surface area contributed by atoms with Crippen LogP contribution in [0, 0.1) is 0 Å². The molecule has 0 saturated carbocycles. The van der Waals surface area contributed by atoms with Gasteiger partial charge in [0, 0.05) is 6.16 Å². The molecule has 6 nitrogen and oxygen atoms in total. The van der Waals surface area contributed by atoms with Crippen LogP contribution in [0.5, 0.6) is 5.75 Å². The van der Waals surface area contributed by atoms with Crippen molar-refractivity contribution in [3.8, 4) is 5.75 Å². The lowest BCUT2D eigenvalue weighted by molar-refractivity contribution is -0.137. The van der Waals surface area contributed by atoms with Gasteiger partial charge in [0.1, 0.15) is 10.8 Å². The second-order valence-corrected chi connectivity index (χ2v) is 12.7. The van der Waals surface area contributed by atoms with E-state index in [1.54, 1.807) is 41.5 Å². The van der Waals surface area contributed by atoms with Crippen LogP contribution < -0.4 is 13.9 Å². The fourth-order valence-corrected chi connectivity index (χ4v) is 6.70. The second-order valence-electron chi connectivity index (χ2n) is 6.32. The van der Waals surface area contributed by atoms with Gasteiger partial charge >= 0.3 is 12.3 Å². The lowest BCUT2D eigenvalue weighted by atomic mass is 10.2. The summed E-state index contributed by atoms with van der Waals surface area (Å²) in [6, 6.07) is 13.7. The lowest BCUT2D eigenvalue weighted by Crippen LogP contribution is -2.26. The lowest BCUT2D eigenvalue weighted by Gasteiger charge is -2.35. The van der Waals surface area contributed by atoms with Crippen LogP contribution in [0.15, 0.2) is 59.8 Å². The maximum absolute atomic E-state index is 13.3. The minimum atomic E-state index is -4.52. The van der Waals surface area contributed by atoms with Crippen LogP contribution in [0.4, 0.5) is 23.7 Å². The number of benzene rings is 2. The van der Waals surface area contributed by atoms with Crippen molar-refractivity contribution < 1.29 is 27.3 Å². The van der Waals surface area contributed by atoms with Crippen LogP contribution in [0.1, 0.15) is 19.4 Å². The number of hydrogen-bond donors (Lipinski definition) is 1. The molecule has 0 spiro atoms. The number of rotatable bonds is 9. The molecule has 0 saturated heterocycles. The summed E-state index contributed by atoms with van der Waals surface area (Å²) in [5.74, 6) is 0.480. The molecule has 0 bridgehead atoms. The standard InChI is InChI=1S/C20H23F3N3O3PS3/c1-4-30(31,29-18-11-6-5-7-12-18)26(17-10-8-9-16(13-17)20(21,22)23)33-14-24-19(27)28-25-15(2)32-3/h5-13H,4,14H2,1-3H3,(H,24,27)/b25-15+. The predicted molar refractivity (Wildman–Crippen MR) is 135 cm³/mol. The summed E-state index contributed by atoms with van der Waals surface area (Å²) in [6.07, 6.45) is -6.05. The normalized spacial score (nSPS) is 13.7. The van der Waals surface area contributed by atoms with Crippen LogP contribution in [0.2, 0.25) is 0 Å². The van der Waals surface area contributed by atoms with Gasteiger partial charge in [-0.05, 0) is 67.3 Å². The number of nitrogens with zero attached hydrogens (tertiary/aromatic N) is 2. The minimum absolute atomic E-state index is 0.0283. The number of alkyl halides is 3. The van der Waals surface area contributed by atoms with Gasteiger partial charge in [0.05, 0.1) is 17.1 Å². The van der Waals surface area contributed by atoms with E-state index in [4.69, 9.17) is 21.2 Å². The highest BCUT2D eigenvalue weighted by Gasteiger charge is 2.33. The summed E-state index contributed by atoms with van der Waals surface area (Å²) in [6.45, 7) is 3.49. The second kappa shape index (κ2) is 12.5. The molecule has 0 aliphatic heterocycles. The van der Waals surface area contributed by atoms with E-state index in [1.165, 1.54) is 23.9 Å². The number of halogens is 3. The number of nitrogens with one attached hydrogen (secondary N) is 1. The average Bonchev–Trinajstić information content (AvgIpc) is 2.80. The molecule has 33 heavy (non-hydrogen) atoms. The quantitative estimate of drug-likeness (QED) is 0.0707. The number of thioether (sulfide) groups is 1. The Morgan fingerprint density at radius 1 is 1.21 bits per heavy atom. The van der Waals surface area contributed by atoms with E-state index in [1.807, 2.05) is 13.0 Å². The Bertz CT molecular complexity index is 1010. The summed E-state index contributed by atoms with van der Waals surface area (Å²) in [7, 11) is 0. The van der Waals surface area contributed by atoms with Crippen LogP contribution >= 0.6 is 30.1 Å². The zero-order chi connectivity index (χ0) is 24.5. The molecule has 1 atom stereocenters. The van der Waals surface area contributed by atoms with E-state index < -0.39 is 24.2 Å². The first kappa shape index (κ1) is 27.4. The van der Waals surface area contributed by atoms with Crippen molar-refractivity contribution in [1.29, 1.82) is 0 Å². The number of carbonyl (C=O) groups excluding carboxylic acids is 1. The van der Waals surface area contributed by atoms with Crippen molar-refractivity contribution in [2.45, 2.75) is 20.0 Å². The Labute approximate surface area is 204 Å². The van der Waals surface area contributed by atoms with Gasteiger partial charge in [0.2, 0.25) is 6.42 Å². The first-order chi connectivity index (χ1) is 15.6. The SMILES string of the molecule is CCP(=S)(Oc1ccccc1)N(SCNC(=O)O/N=C(\C)SC)c1cccc(C(F)(F)F)c1. The monoisotopic (exact) mass is 537 g/mol. The smallest absolute Gasteiger partial charge is 0.434 e. The van der Waals surface area contributed by atoms with Gasteiger partial charge in [-0.3, -0.25) is 8.91 Å². The molecule has 2 aromatic carbocycles. The number of amides is 1. The van der Waals surface area contributed by atoms with Gasteiger partial charge in [-0.1, -0.05) is 36.3 Å². The molecule has 1 unspecified atom stereocenters. The third-order valence-electron chi connectivity index (χ3n) is 4.02. The Kier molecular flexibility index (Phi) is 10.4. The fourth-order valence-electron chi connectivity index (χ4n) is 2.34. The third kappa shape index (κ3) is 8.44. The van der Waals surface area contributed by atoms with Crippen molar-refractivity contribution in [3.63, 3.8) is 0 Å². The van der Waals surface area contributed by atoms with E-state index in [-0.39, 0.29) is 11.6 Å². The van der Waals surface area contributed by atoms with E-state index >= 15 is 0 Å². The van der Waals surface area contributed by atoms with Gasteiger partial charge in [-0.25, -0.2) is 4.79 Å². The Morgan fingerprint density at radius 3 is 2.52 bits per heavy atom. The maximum Gasteiger partial charge on any atom is 0.434 e. The van der Waals surface area contributed by atoms with Gasteiger partial charge in [-0.2, -0.15) is 13.2 Å². The number of carbonyl (C=O) groups is 1. The van der Waals surface area contributed by atoms with Crippen LogP contribution in [0.3, 0.4) is 0 Å². The number of para-hydroxylation sites is 1. The van der Waals surface area contributed by atoms with Crippen molar-refractivity contribution in [2.75, 3.05) is 22.4 Å². The molecule has 2 aromatic rings. The molecule has 0 aromatic heterocycles. The van der Waals surface area contributed by atoms with Gasteiger partial charge in [0.25, 0.3) is 0 Å². The highest BCUT2D eigenvalue weighted by atomic mass is 32.5. The summed E-state index contributed by atoms with van der Waals surface area (Å²) in [4.78, 5) is 16.6. The molecule has 0 fully saturated rings. The molecule has 1 N–H and O–H groups in total. The molecule has 2 rings (SSSR count). The third-order valence-corrected chi connectivity index (χ3v) is 10.4. The van der Waals surface area contributed by atoms with Crippen molar-refractivity contribution in [1.82, 2.24) is 5.32 Å². The Morgan fingerprint density at radius 2 is 1.91 bits per heavy atom. The van der Waals surface area contributed by atoms with Crippen molar-refractivity contribution in [2.24, 2.45) is 5.16 Å². The highest BCUT2D eigenvalue weighted by molar-refractivity contribution is 8.21. The summed E-state index contributed by atoms with van der Waals surface area (Å²) in [5, 5.41) is 6.70. The zero-order valence-corrected chi connectivity index (χ0v) is 21.4. The molecule has 0 aliphatic carbocycles. The molecular formula is C20H23F3N3O3PS3. The average molecular weight is 538 g/mol. The van der Waals surface area contributed by atoms with Gasteiger partial charge in [0.15, 0.2) is 0 Å². The minimum Gasteiger partial charge on any atom is -0.448 e. The predicted octanol–water partition coefficient (Wildman–Crippen LogP) is 6.95. The first-order valence-corrected chi connectivity index (χ1v) is 14.6. The number of oxime groups is 1. The number of anilines is 1. The van der Waals surface area contributed by atoms with E-state index in [9.17, 15) is 18.0 Å². The van der Waals surface area contributed by atoms with E-state index in [0.29, 0.717) is 17.0 Å². The topological polar surface area (TPSA) is 63.2 Å². The van der Waals surface area contributed by atoms with Crippen molar-refractivity contribution in [3.05, 3.63) is 60.2 Å². The molecule has 1 amide bonds. The largest absolute Gasteiger partial charge is 0.448 e. The summed E-state index contributed by atoms with van der Waals surface area (Å²) < 4.78 is 47.7. The maximum atomic E-state index is 13.3. The van der Waals surface area contributed by atoms with Gasteiger partial charge < -0.3 is 9.84 Å². The van der Waals surface area contributed by atoms with Crippen molar-refractivity contribution >= 4 is 58.8 Å². The fraction of sp³-hybridized carbons (Fsp3) is 0.300. The van der Waals surface area contributed by atoms with Crippen LogP contribution in [-0.2, 0) is 22.8 Å². The van der Waals surface area contributed by atoms with Crippen LogP contribution in [0.25, 0.3) is 0 Å². The summed E-state index contributed by atoms with van der Waals surface area (Å²) >= 11 is 8.20. The van der Waals surface area contributed by atoms with E-state index in [0.717, 1.165) is 24.1 Å². The molecule has 0 aliphatic rings. The van der Waals surface area contributed by atoms with E-state index in [2.05, 4.69) is 10.5 Å². The first-order valence-electron chi connectivity index (χ1n) is 9.57. The molecular weight excluding hydrogens is 514 g/mol. The molecule has 0 radical (unpaired) electrons. The zero-order valence-electron chi connectivity index (χ0n) is 18.0. The van der Waals surface area contributed by atoms with Gasteiger partial charge in [-0.15, -0.1) is 11.8 Å². The Hall–Kier alpha value is -1.88. The molecule has 0 heterocycles. The number of hydrogen-bond acceptors (Lipinski definition) is 7.